The number of carbonyl (C=O) groups is 2. The van der Waals surface area contributed by atoms with E-state index in [-0.39, 0.29) is 5.57 Å². The number of ether oxygens (including phenoxy) is 2. The Kier molecular flexibility index (Phi) is 7.35. The molecule has 0 heterocycles. The number of rotatable bonds is 7. The lowest BCUT2D eigenvalue weighted by Crippen LogP contribution is -2.22. The number of esters is 1. The Morgan fingerprint density at radius 2 is 1.89 bits per heavy atom. The topological polar surface area (TPSA) is 88.4 Å². The van der Waals surface area contributed by atoms with Crippen LogP contribution >= 0.6 is 0 Å². The van der Waals surface area contributed by atoms with Gasteiger partial charge in [0, 0.05) is 5.69 Å². The van der Waals surface area contributed by atoms with Crippen molar-refractivity contribution in [2.75, 3.05) is 19.0 Å². The van der Waals surface area contributed by atoms with Gasteiger partial charge in [0.1, 0.15) is 17.4 Å². The van der Waals surface area contributed by atoms with Gasteiger partial charge in [0.15, 0.2) is 6.61 Å². The zero-order chi connectivity index (χ0) is 20.5. The van der Waals surface area contributed by atoms with Gasteiger partial charge in [0.2, 0.25) is 0 Å². The van der Waals surface area contributed by atoms with Crippen molar-refractivity contribution < 1.29 is 19.1 Å². The van der Waals surface area contributed by atoms with Crippen LogP contribution in [0.2, 0.25) is 0 Å². The molecular formula is C22H22N2O4. The molecule has 2 aromatic carbocycles. The average molecular weight is 378 g/mol. The van der Waals surface area contributed by atoms with Crippen LogP contribution in [0, 0.1) is 18.3 Å². The third-order valence-corrected chi connectivity index (χ3v) is 4.11. The maximum absolute atomic E-state index is 12.2. The molecular weight excluding hydrogens is 356 g/mol. The molecule has 6 heteroatoms. The first-order valence-electron chi connectivity index (χ1n) is 8.79. The minimum absolute atomic E-state index is 0.192. The van der Waals surface area contributed by atoms with E-state index in [1.165, 1.54) is 6.08 Å². The van der Waals surface area contributed by atoms with Gasteiger partial charge in [-0.05, 0) is 48.2 Å². The predicted octanol–water partition coefficient (Wildman–Crippen LogP) is 3.65. The van der Waals surface area contributed by atoms with Crippen molar-refractivity contribution in [3.8, 4) is 11.8 Å². The molecule has 0 saturated carbocycles. The van der Waals surface area contributed by atoms with Crippen molar-refractivity contribution in [2.45, 2.75) is 20.3 Å². The Balaban J connectivity index is 2.00. The summed E-state index contributed by atoms with van der Waals surface area (Å²) in [5, 5.41) is 12.0. The smallest absolute Gasteiger partial charge is 0.349 e. The molecule has 1 amide bonds. The summed E-state index contributed by atoms with van der Waals surface area (Å²) in [5.74, 6) is -0.648. The first-order valence-corrected chi connectivity index (χ1v) is 8.79. The van der Waals surface area contributed by atoms with Crippen LogP contribution in [0.3, 0.4) is 0 Å². The Morgan fingerprint density at radius 3 is 2.50 bits per heavy atom. The number of aryl methyl sites for hydroxylation is 2. The summed E-state index contributed by atoms with van der Waals surface area (Å²) in [6, 6.07) is 14.4. The molecule has 0 unspecified atom stereocenters. The van der Waals surface area contributed by atoms with Gasteiger partial charge in [0.05, 0.1) is 7.11 Å². The maximum Gasteiger partial charge on any atom is 0.349 e. The Hall–Kier alpha value is -3.59. The van der Waals surface area contributed by atoms with Crippen LogP contribution in [0.15, 0.2) is 48.0 Å². The second-order valence-corrected chi connectivity index (χ2v) is 6.03. The number of nitrogens with zero attached hydrogens (tertiary/aromatic N) is 1. The van der Waals surface area contributed by atoms with E-state index in [1.807, 2.05) is 32.0 Å². The number of benzene rings is 2. The SMILES string of the molecule is CCc1cccc(C)c1NC(=O)COC(=O)/C(C#N)=C/c1ccc(OC)cc1. The van der Waals surface area contributed by atoms with Crippen molar-refractivity contribution in [3.05, 3.63) is 64.7 Å². The van der Waals surface area contributed by atoms with Crippen molar-refractivity contribution in [1.82, 2.24) is 0 Å². The first-order chi connectivity index (χ1) is 13.5. The molecule has 0 atom stereocenters. The lowest BCUT2D eigenvalue weighted by molar-refractivity contribution is -0.142. The Morgan fingerprint density at radius 1 is 1.18 bits per heavy atom. The summed E-state index contributed by atoms with van der Waals surface area (Å²) in [7, 11) is 1.55. The fourth-order valence-electron chi connectivity index (χ4n) is 2.59. The Bertz CT molecular complexity index is 925. The number of carbonyl (C=O) groups excluding carboxylic acids is 2. The first kappa shape index (κ1) is 20.7. The highest BCUT2D eigenvalue weighted by Crippen LogP contribution is 2.21. The van der Waals surface area contributed by atoms with E-state index in [0.29, 0.717) is 11.3 Å². The van der Waals surface area contributed by atoms with E-state index in [2.05, 4.69) is 5.32 Å². The lowest BCUT2D eigenvalue weighted by Gasteiger charge is -2.13. The number of nitrogens with one attached hydrogen (secondary N) is 1. The highest BCUT2D eigenvalue weighted by atomic mass is 16.5. The molecule has 0 bridgehead atoms. The number of hydrogen-bond donors (Lipinski definition) is 1. The minimum Gasteiger partial charge on any atom is -0.497 e. The van der Waals surface area contributed by atoms with Crippen molar-refractivity contribution >= 4 is 23.6 Å². The van der Waals surface area contributed by atoms with Gasteiger partial charge >= 0.3 is 5.97 Å². The number of para-hydroxylation sites is 1. The predicted molar refractivity (Wildman–Crippen MR) is 107 cm³/mol. The summed E-state index contributed by atoms with van der Waals surface area (Å²) >= 11 is 0. The highest BCUT2D eigenvalue weighted by Gasteiger charge is 2.14. The van der Waals surface area contributed by atoms with Crippen LogP contribution < -0.4 is 10.1 Å². The molecule has 0 aliphatic carbocycles. The molecule has 0 spiro atoms. The number of hydrogen-bond acceptors (Lipinski definition) is 5. The quantitative estimate of drug-likeness (QED) is 0.451. The number of amides is 1. The van der Waals surface area contributed by atoms with Gasteiger partial charge in [0.25, 0.3) is 5.91 Å². The number of methoxy groups -OCH3 is 1. The summed E-state index contributed by atoms with van der Waals surface area (Å²) in [6.07, 6.45) is 2.16. The largest absolute Gasteiger partial charge is 0.497 e. The normalized spacial score (nSPS) is 10.7. The molecule has 144 valence electrons. The summed E-state index contributed by atoms with van der Waals surface area (Å²) in [6.45, 7) is 3.41. The van der Waals surface area contributed by atoms with Crippen LogP contribution in [0.5, 0.6) is 5.75 Å². The van der Waals surface area contributed by atoms with E-state index >= 15 is 0 Å². The molecule has 0 fully saturated rings. The molecule has 28 heavy (non-hydrogen) atoms. The van der Waals surface area contributed by atoms with Crippen LogP contribution in [-0.4, -0.2) is 25.6 Å². The fraction of sp³-hybridized carbons (Fsp3) is 0.227. The van der Waals surface area contributed by atoms with E-state index in [0.717, 1.165) is 23.2 Å². The summed E-state index contributed by atoms with van der Waals surface area (Å²) < 4.78 is 10.1. The molecule has 0 aliphatic heterocycles. The third-order valence-electron chi connectivity index (χ3n) is 4.11. The van der Waals surface area contributed by atoms with Crippen LogP contribution in [-0.2, 0) is 20.7 Å². The van der Waals surface area contributed by atoms with Gasteiger partial charge in [-0.25, -0.2) is 4.79 Å². The molecule has 0 saturated heterocycles. The maximum atomic E-state index is 12.2. The highest BCUT2D eigenvalue weighted by molar-refractivity contribution is 6.00. The van der Waals surface area contributed by atoms with Crippen molar-refractivity contribution in [3.63, 3.8) is 0 Å². The molecule has 0 radical (unpaired) electrons. The van der Waals surface area contributed by atoms with Crippen LogP contribution in [0.1, 0.15) is 23.6 Å². The van der Waals surface area contributed by atoms with Gasteiger partial charge in [-0.15, -0.1) is 0 Å². The molecule has 0 aliphatic rings. The van der Waals surface area contributed by atoms with E-state index in [9.17, 15) is 14.9 Å². The number of anilines is 1. The van der Waals surface area contributed by atoms with Crippen molar-refractivity contribution in [1.29, 1.82) is 5.26 Å². The zero-order valence-electron chi connectivity index (χ0n) is 16.1. The molecule has 1 N–H and O–H groups in total. The van der Waals surface area contributed by atoms with Gasteiger partial charge in [-0.1, -0.05) is 37.3 Å². The third kappa shape index (κ3) is 5.45. The lowest BCUT2D eigenvalue weighted by atomic mass is 10.1. The fourth-order valence-corrected chi connectivity index (χ4v) is 2.59. The molecule has 0 aromatic heterocycles. The van der Waals surface area contributed by atoms with Gasteiger partial charge in [-0.3, -0.25) is 4.79 Å². The van der Waals surface area contributed by atoms with E-state index < -0.39 is 18.5 Å². The Labute approximate surface area is 164 Å². The zero-order valence-corrected chi connectivity index (χ0v) is 16.1. The standard InChI is InChI=1S/C22H22N2O4/c1-4-17-7-5-6-15(2)21(17)24-20(25)14-28-22(26)18(13-23)12-16-8-10-19(27-3)11-9-16/h5-12H,4,14H2,1-3H3,(H,24,25)/b18-12+. The second-order valence-electron chi connectivity index (χ2n) is 6.03. The van der Waals surface area contributed by atoms with Crippen molar-refractivity contribution in [2.24, 2.45) is 0 Å². The average Bonchev–Trinajstić information content (AvgIpc) is 2.72. The molecule has 2 aromatic rings. The second kappa shape index (κ2) is 9.93. The summed E-state index contributed by atoms with van der Waals surface area (Å²) in [4.78, 5) is 24.3. The van der Waals surface area contributed by atoms with Gasteiger partial charge in [-0.2, -0.15) is 5.26 Å². The van der Waals surface area contributed by atoms with Gasteiger partial charge < -0.3 is 14.8 Å². The monoisotopic (exact) mass is 378 g/mol. The van der Waals surface area contributed by atoms with Crippen LogP contribution in [0.25, 0.3) is 6.08 Å². The molecule has 2 rings (SSSR count). The molecule has 6 nitrogen and oxygen atoms in total. The van der Waals surface area contributed by atoms with Crippen LogP contribution in [0.4, 0.5) is 5.69 Å². The van der Waals surface area contributed by atoms with E-state index in [1.54, 1.807) is 37.4 Å². The summed E-state index contributed by atoms with van der Waals surface area (Å²) in [5.41, 5.74) is 3.10. The minimum atomic E-state index is -0.853. The number of nitriles is 1. The van der Waals surface area contributed by atoms with E-state index in [4.69, 9.17) is 9.47 Å².